The molecule has 1 aromatic rings. The number of methoxy groups -OCH3 is 1. The van der Waals surface area contributed by atoms with Crippen LogP contribution < -0.4 is 0 Å². The zero-order valence-electron chi connectivity index (χ0n) is 13.1. The van der Waals surface area contributed by atoms with Crippen LogP contribution in [0.15, 0.2) is 12.1 Å². The molecular weight excluding hydrogens is 268 g/mol. The molecule has 0 aromatic heterocycles. The molecule has 0 bridgehead atoms. The summed E-state index contributed by atoms with van der Waals surface area (Å²) in [5.41, 5.74) is 4.07. The molecule has 0 spiro atoms. The molecule has 1 heterocycles. The quantitative estimate of drug-likeness (QED) is 0.796. The van der Waals surface area contributed by atoms with Crippen LogP contribution in [0.3, 0.4) is 0 Å². The van der Waals surface area contributed by atoms with Crippen molar-refractivity contribution in [3.63, 3.8) is 0 Å². The Balaban J connectivity index is 2.09. The third-order valence-corrected chi connectivity index (χ3v) is 4.07. The van der Waals surface area contributed by atoms with Gasteiger partial charge in [-0.15, -0.1) is 0 Å². The lowest BCUT2D eigenvalue weighted by Gasteiger charge is -2.34. The lowest BCUT2D eigenvalue weighted by Crippen LogP contribution is -2.50. The number of rotatable bonds is 1. The van der Waals surface area contributed by atoms with Gasteiger partial charge in [0.1, 0.15) is 0 Å². The standard InChI is InChI=1S/C16H22N2O3/c1-11-9-13(3)14(10-12(11)2)15(19)17-5-7-18(8-6-17)16(20)21-4/h9-10H,5-8H2,1-4H3. The van der Waals surface area contributed by atoms with Crippen LogP contribution in [0.4, 0.5) is 4.79 Å². The van der Waals surface area contributed by atoms with Gasteiger partial charge in [-0.2, -0.15) is 0 Å². The Labute approximate surface area is 125 Å². The average molecular weight is 290 g/mol. The molecule has 1 aliphatic rings. The summed E-state index contributed by atoms with van der Waals surface area (Å²) in [6.07, 6.45) is -0.329. The van der Waals surface area contributed by atoms with Gasteiger partial charge in [0.25, 0.3) is 5.91 Å². The highest BCUT2D eigenvalue weighted by atomic mass is 16.5. The molecule has 0 saturated carbocycles. The van der Waals surface area contributed by atoms with Crippen molar-refractivity contribution in [1.29, 1.82) is 0 Å². The SMILES string of the molecule is COC(=O)N1CCN(C(=O)c2cc(C)c(C)cc2C)CC1. The van der Waals surface area contributed by atoms with E-state index in [2.05, 4.69) is 0 Å². The van der Waals surface area contributed by atoms with Gasteiger partial charge in [0.05, 0.1) is 7.11 Å². The van der Waals surface area contributed by atoms with E-state index in [1.165, 1.54) is 12.7 Å². The first-order valence-corrected chi connectivity index (χ1v) is 7.14. The molecular formula is C16H22N2O3. The molecule has 0 aliphatic carbocycles. The number of aryl methyl sites for hydroxylation is 3. The predicted molar refractivity (Wildman–Crippen MR) is 80.5 cm³/mol. The second-order valence-electron chi connectivity index (χ2n) is 5.50. The molecule has 21 heavy (non-hydrogen) atoms. The number of nitrogens with zero attached hydrogens (tertiary/aromatic N) is 2. The molecule has 0 N–H and O–H groups in total. The molecule has 1 fully saturated rings. The molecule has 114 valence electrons. The van der Waals surface area contributed by atoms with Gasteiger partial charge in [0, 0.05) is 31.7 Å². The van der Waals surface area contributed by atoms with Gasteiger partial charge in [-0.3, -0.25) is 4.79 Å². The Morgan fingerprint density at radius 1 is 0.905 bits per heavy atom. The van der Waals surface area contributed by atoms with Gasteiger partial charge in [-0.05, 0) is 43.5 Å². The van der Waals surface area contributed by atoms with E-state index in [9.17, 15) is 9.59 Å². The summed E-state index contributed by atoms with van der Waals surface area (Å²) in [5, 5.41) is 0. The minimum Gasteiger partial charge on any atom is -0.453 e. The highest BCUT2D eigenvalue weighted by molar-refractivity contribution is 5.96. The predicted octanol–water partition coefficient (Wildman–Crippen LogP) is 2.14. The topological polar surface area (TPSA) is 49.9 Å². The molecule has 0 atom stereocenters. The van der Waals surface area contributed by atoms with Crippen LogP contribution in [0.25, 0.3) is 0 Å². The summed E-state index contributed by atoms with van der Waals surface area (Å²) < 4.78 is 4.70. The van der Waals surface area contributed by atoms with Crippen molar-refractivity contribution >= 4 is 12.0 Å². The van der Waals surface area contributed by atoms with Gasteiger partial charge in [0.15, 0.2) is 0 Å². The minimum atomic E-state index is -0.329. The number of carbonyl (C=O) groups is 2. The number of ether oxygens (including phenoxy) is 1. The summed E-state index contributed by atoms with van der Waals surface area (Å²) in [6.45, 7) is 8.14. The maximum Gasteiger partial charge on any atom is 0.409 e. The van der Waals surface area contributed by atoms with Crippen LogP contribution in [0.1, 0.15) is 27.0 Å². The second kappa shape index (κ2) is 6.16. The van der Waals surface area contributed by atoms with E-state index < -0.39 is 0 Å². The fraction of sp³-hybridized carbons (Fsp3) is 0.500. The van der Waals surface area contributed by atoms with Gasteiger partial charge in [-0.1, -0.05) is 6.07 Å². The van der Waals surface area contributed by atoms with Crippen LogP contribution in [-0.4, -0.2) is 55.1 Å². The Hall–Kier alpha value is -2.04. The Bertz CT molecular complexity index is 561. The fourth-order valence-corrected chi connectivity index (χ4v) is 2.58. The third kappa shape index (κ3) is 3.17. The molecule has 1 aliphatic heterocycles. The zero-order chi connectivity index (χ0) is 15.6. The largest absolute Gasteiger partial charge is 0.453 e. The molecule has 1 aromatic carbocycles. The smallest absolute Gasteiger partial charge is 0.409 e. The lowest BCUT2D eigenvalue weighted by molar-refractivity contribution is 0.0599. The third-order valence-electron chi connectivity index (χ3n) is 4.07. The van der Waals surface area contributed by atoms with Crippen LogP contribution in [0, 0.1) is 20.8 Å². The molecule has 0 unspecified atom stereocenters. The molecule has 2 amide bonds. The van der Waals surface area contributed by atoms with E-state index in [4.69, 9.17) is 4.74 Å². The zero-order valence-corrected chi connectivity index (χ0v) is 13.1. The van der Waals surface area contributed by atoms with E-state index in [1.807, 2.05) is 32.9 Å². The highest BCUT2D eigenvalue weighted by Gasteiger charge is 2.26. The Morgan fingerprint density at radius 2 is 1.43 bits per heavy atom. The van der Waals surface area contributed by atoms with Crippen molar-refractivity contribution in [3.05, 3.63) is 34.4 Å². The van der Waals surface area contributed by atoms with E-state index in [1.54, 1.807) is 9.80 Å². The maximum absolute atomic E-state index is 12.6. The first-order valence-electron chi connectivity index (χ1n) is 7.14. The summed E-state index contributed by atoms with van der Waals surface area (Å²) >= 11 is 0. The monoisotopic (exact) mass is 290 g/mol. The maximum atomic E-state index is 12.6. The molecule has 1 saturated heterocycles. The van der Waals surface area contributed by atoms with E-state index in [0.29, 0.717) is 26.2 Å². The van der Waals surface area contributed by atoms with Crippen molar-refractivity contribution in [3.8, 4) is 0 Å². The van der Waals surface area contributed by atoms with E-state index in [-0.39, 0.29) is 12.0 Å². The first kappa shape index (κ1) is 15.4. The van der Waals surface area contributed by atoms with E-state index >= 15 is 0 Å². The summed E-state index contributed by atoms with van der Waals surface area (Å²) in [4.78, 5) is 27.5. The van der Waals surface area contributed by atoms with Crippen LogP contribution in [0.2, 0.25) is 0 Å². The number of carbonyl (C=O) groups excluding carboxylic acids is 2. The number of hydrogen-bond donors (Lipinski definition) is 0. The van der Waals surface area contributed by atoms with E-state index in [0.717, 1.165) is 16.7 Å². The van der Waals surface area contributed by atoms with Gasteiger partial charge in [-0.25, -0.2) is 4.79 Å². The van der Waals surface area contributed by atoms with Crippen LogP contribution >= 0.6 is 0 Å². The minimum absolute atomic E-state index is 0.0418. The first-order chi connectivity index (χ1) is 9.93. The van der Waals surface area contributed by atoms with Gasteiger partial charge < -0.3 is 14.5 Å². The van der Waals surface area contributed by atoms with Crippen molar-refractivity contribution in [2.45, 2.75) is 20.8 Å². The molecule has 5 nitrogen and oxygen atoms in total. The van der Waals surface area contributed by atoms with Crippen molar-refractivity contribution in [2.24, 2.45) is 0 Å². The highest BCUT2D eigenvalue weighted by Crippen LogP contribution is 2.18. The van der Waals surface area contributed by atoms with Crippen LogP contribution in [-0.2, 0) is 4.74 Å². The summed E-state index contributed by atoms with van der Waals surface area (Å²) in [5.74, 6) is 0.0418. The van der Waals surface area contributed by atoms with Gasteiger partial charge in [0.2, 0.25) is 0 Å². The fourth-order valence-electron chi connectivity index (χ4n) is 2.58. The summed E-state index contributed by atoms with van der Waals surface area (Å²) in [6, 6.07) is 4.01. The number of amides is 2. The average Bonchev–Trinajstić information content (AvgIpc) is 2.49. The summed E-state index contributed by atoms with van der Waals surface area (Å²) in [7, 11) is 1.37. The molecule has 2 rings (SSSR count). The number of hydrogen-bond acceptors (Lipinski definition) is 3. The molecule has 0 radical (unpaired) electrons. The van der Waals surface area contributed by atoms with Crippen molar-refractivity contribution in [1.82, 2.24) is 9.80 Å². The number of piperazine rings is 1. The molecule has 5 heteroatoms. The van der Waals surface area contributed by atoms with Crippen LogP contribution in [0.5, 0.6) is 0 Å². The Morgan fingerprint density at radius 3 is 2.00 bits per heavy atom. The lowest BCUT2D eigenvalue weighted by atomic mass is 10.00. The number of benzene rings is 1. The van der Waals surface area contributed by atoms with Crippen molar-refractivity contribution < 1.29 is 14.3 Å². The Kier molecular flexibility index (Phi) is 4.50. The normalized spacial score (nSPS) is 15.0. The van der Waals surface area contributed by atoms with Crippen molar-refractivity contribution in [2.75, 3.05) is 33.3 Å². The second-order valence-corrected chi connectivity index (χ2v) is 5.50. The van der Waals surface area contributed by atoms with Gasteiger partial charge >= 0.3 is 6.09 Å².